The van der Waals surface area contributed by atoms with E-state index in [1.165, 1.54) is 4.68 Å². The Morgan fingerprint density at radius 1 is 1.06 bits per heavy atom. The van der Waals surface area contributed by atoms with Crippen molar-refractivity contribution < 1.29 is 0 Å². The van der Waals surface area contributed by atoms with Crippen molar-refractivity contribution in [2.24, 2.45) is 7.05 Å². The van der Waals surface area contributed by atoms with Crippen LogP contribution in [0.2, 0.25) is 0 Å². The molecule has 0 saturated heterocycles. The van der Waals surface area contributed by atoms with Crippen molar-refractivity contribution in [1.29, 1.82) is 0 Å². The Bertz CT molecular complexity index is 444. The van der Waals surface area contributed by atoms with E-state index in [9.17, 15) is 4.79 Å². The predicted octanol–water partition coefficient (Wildman–Crippen LogP) is 2.38. The molecular weight excluding hydrogens is 200 g/mol. The highest BCUT2D eigenvalue weighted by Gasteiger charge is 2.27. The zero-order chi connectivity index (χ0) is 12.7. The summed E-state index contributed by atoms with van der Waals surface area (Å²) in [5.41, 5.74) is 1.90. The molecule has 0 spiro atoms. The van der Waals surface area contributed by atoms with Gasteiger partial charge in [0.2, 0.25) is 0 Å². The molecule has 3 nitrogen and oxygen atoms in total. The molecule has 0 amide bonds. The van der Waals surface area contributed by atoms with E-state index in [2.05, 4.69) is 46.6 Å². The lowest BCUT2D eigenvalue weighted by atomic mass is 9.79. The molecule has 1 aromatic heterocycles. The van der Waals surface area contributed by atoms with Crippen LogP contribution in [-0.2, 0) is 17.9 Å². The van der Waals surface area contributed by atoms with Crippen molar-refractivity contribution in [2.75, 3.05) is 0 Å². The average Bonchev–Trinajstić information content (AvgIpc) is 2.05. The molecule has 0 radical (unpaired) electrons. The smallest absolute Gasteiger partial charge is 0.266 e. The molecule has 0 aliphatic carbocycles. The SMILES string of the molecule is Cn1nc(C(C)(C)C)c(C(C)(C)C)cc1=O. The zero-order valence-corrected chi connectivity index (χ0v) is 11.4. The van der Waals surface area contributed by atoms with Crippen LogP contribution in [0.1, 0.15) is 52.8 Å². The molecule has 16 heavy (non-hydrogen) atoms. The maximum Gasteiger partial charge on any atom is 0.266 e. The van der Waals surface area contributed by atoms with Crippen LogP contribution < -0.4 is 5.56 Å². The van der Waals surface area contributed by atoms with E-state index in [4.69, 9.17) is 0 Å². The summed E-state index contributed by atoms with van der Waals surface area (Å²) in [5.74, 6) is 0. The van der Waals surface area contributed by atoms with Gasteiger partial charge in [-0.3, -0.25) is 4.79 Å². The van der Waals surface area contributed by atoms with Gasteiger partial charge in [-0.15, -0.1) is 0 Å². The van der Waals surface area contributed by atoms with Gasteiger partial charge in [0.1, 0.15) is 0 Å². The second kappa shape index (κ2) is 3.72. The van der Waals surface area contributed by atoms with Crippen LogP contribution in [0.25, 0.3) is 0 Å². The lowest BCUT2D eigenvalue weighted by Gasteiger charge is -2.28. The van der Waals surface area contributed by atoms with Gasteiger partial charge in [-0.05, 0) is 11.0 Å². The van der Waals surface area contributed by atoms with E-state index in [0.717, 1.165) is 11.3 Å². The van der Waals surface area contributed by atoms with E-state index in [1.54, 1.807) is 13.1 Å². The van der Waals surface area contributed by atoms with Gasteiger partial charge in [0, 0.05) is 18.5 Å². The second-order valence-electron chi connectivity index (χ2n) is 6.37. The number of nitrogens with zero attached hydrogens (tertiary/aromatic N) is 2. The van der Waals surface area contributed by atoms with Crippen LogP contribution in [-0.4, -0.2) is 9.78 Å². The molecular formula is C13H22N2O. The first-order valence-corrected chi connectivity index (χ1v) is 5.63. The number of aryl methyl sites for hydroxylation is 1. The molecule has 0 aliphatic heterocycles. The van der Waals surface area contributed by atoms with Crippen molar-refractivity contribution in [3.8, 4) is 0 Å². The molecule has 3 heteroatoms. The van der Waals surface area contributed by atoms with E-state index >= 15 is 0 Å². The number of hydrogen-bond acceptors (Lipinski definition) is 2. The Morgan fingerprint density at radius 2 is 1.56 bits per heavy atom. The fourth-order valence-electron chi connectivity index (χ4n) is 1.66. The summed E-state index contributed by atoms with van der Waals surface area (Å²) >= 11 is 0. The molecule has 0 fully saturated rings. The number of aromatic nitrogens is 2. The van der Waals surface area contributed by atoms with E-state index in [1.807, 2.05) is 0 Å². The molecule has 0 aliphatic rings. The molecule has 0 bridgehead atoms. The number of rotatable bonds is 0. The quantitative estimate of drug-likeness (QED) is 0.675. The summed E-state index contributed by atoms with van der Waals surface area (Å²) in [7, 11) is 1.70. The Kier molecular flexibility index (Phi) is 3.01. The van der Waals surface area contributed by atoms with Gasteiger partial charge < -0.3 is 0 Å². The minimum atomic E-state index is -0.0525. The fraction of sp³-hybridized carbons (Fsp3) is 0.692. The van der Waals surface area contributed by atoms with Crippen molar-refractivity contribution in [2.45, 2.75) is 52.4 Å². The largest absolute Gasteiger partial charge is 0.268 e. The van der Waals surface area contributed by atoms with E-state index in [-0.39, 0.29) is 16.4 Å². The Balaban J connectivity index is 3.59. The van der Waals surface area contributed by atoms with Gasteiger partial charge in [0.25, 0.3) is 5.56 Å². The third kappa shape index (κ3) is 2.52. The van der Waals surface area contributed by atoms with Gasteiger partial charge in [0.05, 0.1) is 5.69 Å². The lowest BCUT2D eigenvalue weighted by Crippen LogP contribution is -2.31. The van der Waals surface area contributed by atoms with Crippen LogP contribution in [0.5, 0.6) is 0 Å². The third-order valence-corrected chi connectivity index (χ3v) is 2.61. The summed E-state index contributed by atoms with van der Waals surface area (Å²) in [6.45, 7) is 12.7. The van der Waals surface area contributed by atoms with E-state index in [0.29, 0.717) is 0 Å². The van der Waals surface area contributed by atoms with Gasteiger partial charge >= 0.3 is 0 Å². The van der Waals surface area contributed by atoms with Crippen molar-refractivity contribution in [3.05, 3.63) is 27.7 Å². The topological polar surface area (TPSA) is 34.9 Å². The second-order valence-corrected chi connectivity index (χ2v) is 6.37. The summed E-state index contributed by atoms with van der Waals surface area (Å²) < 4.78 is 1.41. The Morgan fingerprint density at radius 3 is 1.94 bits per heavy atom. The first kappa shape index (κ1) is 12.9. The normalized spacial score (nSPS) is 12.9. The van der Waals surface area contributed by atoms with Crippen molar-refractivity contribution in [1.82, 2.24) is 9.78 Å². The van der Waals surface area contributed by atoms with Crippen LogP contribution in [0.3, 0.4) is 0 Å². The molecule has 90 valence electrons. The zero-order valence-electron chi connectivity index (χ0n) is 11.4. The van der Waals surface area contributed by atoms with Crippen LogP contribution >= 0.6 is 0 Å². The standard InChI is InChI=1S/C13H22N2O/c1-12(2,3)9-8-10(16)15(7)14-11(9)13(4,5)6/h8H,1-7H3. The summed E-state index contributed by atoms with van der Waals surface area (Å²) in [4.78, 5) is 11.7. The first-order chi connectivity index (χ1) is 7.03. The molecule has 1 heterocycles. The van der Waals surface area contributed by atoms with Crippen molar-refractivity contribution >= 4 is 0 Å². The third-order valence-electron chi connectivity index (χ3n) is 2.61. The highest BCUT2D eigenvalue weighted by atomic mass is 16.1. The Labute approximate surface area is 97.5 Å². The van der Waals surface area contributed by atoms with Gasteiger partial charge in [-0.25, -0.2) is 4.68 Å². The number of hydrogen-bond donors (Lipinski definition) is 0. The summed E-state index contributed by atoms with van der Waals surface area (Å²) in [5, 5.41) is 4.41. The molecule has 0 atom stereocenters. The monoisotopic (exact) mass is 222 g/mol. The first-order valence-electron chi connectivity index (χ1n) is 5.63. The van der Waals surface area contributed by atoms with E-state index < -0.39 is 0 Å². The molecule has 0 aromatic carbocycles. The van der Waals surface area contributed by atoms with Crippen molar-refractivity contribution in [3.63, 3.8) is 0 Å². The average molecular weight is 222 g/mol. The predicted molar refractivity (Wildman–Crippen MR) is 66.9 cm³/mol. The molecule has 1 rings (SSSR count). The molecule has 0 N–H and O–H groups in total. The minimum absolute atomic E-state index is 0.0436. The maximum absolute atomic E-state index is 11.7. The molecule has 0 saturated carbocycles. The summed E-state index contributed by atoms with van der Waals surface area (Å²) in [6, 6.07) is 1.72. The fourth-order valence-corrected chi connectivity index (χ4v) is 1.66. The van der Waals surface area contributed by atoms with Crippen LogP contribution in [0.4, 0.5) is 0 Å². The van der Waals surface area contributed by atoms with Gasteiger partial charge in [-0.1, -0.05) is 41.5 Å². The highest BCUT2D eigenvalue weighted by molar-refractivity contribution is 5.30. The molecule has 0 unspecified atom stereocenters. The van der Waals surface area contributed by atoms with Crippen LogP contribution in [0, 0.1) is 0 Å². The maximum atomic E-state index is 11.7. The highest BCUT2D eigenvalue weighted by Crippen LogP contribution is 2.30. The van der Waals surface area contributed by atoms with Gasteiger partial charge in [0.15, 0.2) is 0 Å². The van der Waals surface area contributed by atoms with Crippen LogP contribution in [0.15, 0.2) is 10.9 Å². The lowest BCUT2D eigenvalue weighted by molar-refractivity contribution is 0.484. The van der Waals surface area contributed by atoms with Gasteiger partial charge in [-0.2, -0.15) is 5.10 Å². The Hall–Kier alpha value is -1.12. The summed E-state index contributed by atoms with van der Waals surface area (Å²) in [6.07, 6.45) is 0. The minimum Gasteiger partial charge on any atom is -0.268 e. The molecule has 1 aromatic rings.